The van der Waals surface area contributed by atoms with Crippen LogP contribution in [0.4, 0.5) is 0 Å². The molecule has 1 aromatic heterocycles. The van der Waals surface area contributed by atoms with Crippen LogP contribution in [-0.4, -0.2) is 30.1 Å². The number of para-hydroxylation sites is 1. The minimum atomic E-state index is -0.532. The third-order valence-corrected chi connectivity index (χ3v) is 2.85. The number of hydrogen-bond acceptors (Lipinski definition) is 4. The predicted octanol–water partition coefficient (Wildman–Crippen LogP) is 1.71. The van der Waals surface area contributed by atoms with Crippen molar-refractivity contribution in [3.8, 4) is 5.88 Å². The minimum absolute atomic E-state index is 0.293. The molecule has 2 aromatic rings. The molecular formula is C15H19N3O2. The number of carbonyl (C=O) groups excluding carboxylic acids is 1. The summed E-state index contributed by atoms with van der Waals surface area (Å²) in [6.45, 7) is 5.24. The van der Waals surface area contributed by atoms with Crippen LogP contribution in [0, 0.1) is 0 Å². The summed E-state index contributed by atoms with van der Waals surface area (Å²) in [6, 6.07) is 9.65. The number of carbonyl (C=O) groups is 1. The highest BCUT2D eigenvalue weighted by Gasteiger charge is 2.12. The van der Waals surface area contributed by atoms with Crippen molar-refractivity contribution in [3.63, 3.8) is 0 Å². The van der Waals surface area contributed by atoms with Gasteiger partial charge in [-0.15, -0.1) is 0 Å². The molecule has 0 atom stereocenters. The molecule has 0 aliphatic rings. The lowest BCUT2D eigenvalue weighted by atomic mass is 10.1. The number of nitrogens with one attached hydrogen (secondary N) is 1. The van der Waals surface area contributed by atoms with E-state index in [2.05, 4.69) is 24.1 Å². The Hall–Kier alpha value is -2.14. The average molecular weight is 273 g/mol. The van der Waals surface area contributed by atoms with Crippen molar-refractivity contribution in [2.45, 2.75) is 19.9 Å². The van der Waals surface area contributed by atoms with Crippen molar-refractivity contribution in [1.82, 2.24) is 10.3 Å². The maximum absolute atomic E-state index is 11.5. The van der Waals surface area contributed by atoms with E-state index in [9.17, 15) is 4.79 Å². The van der Waals surface area contributed by atoms with E-state index in [0.717, 1.165) is 10.9 Å². The van der Waals surface area contributed by atoms with Crippen LogP contribution >= 0.6 is 0 Å². The van der Waals surface area contributed by atoms with E-state index in [1.165, 1.54) is 0 Å². The van der Waals surface area contributed by atoms with E-state index in [-0.39, 0.29) is 0 Å². The van der Waals surface area contributed by atoms with Crippen LogP contribution in [0.15, 0.2) is 30.3 Å². The maximum atomic E-state index is 11.5. The molecule has 0 unspecified atom stereocenters. The Morgan fingerprint density at radius 2 is 2.15 bits per heavy atom. The fourth-order valence-electron chi connectivity index (χ4n) is 1.88. The topological polar surface area (TPSA) is 77.2 Å². The van der Waals surface area contributed by atoms with Gasteiger partial charge in [0.25, 0.3) is 5.91 Å². The van der Waals surface area contributed by atoms with Gasteiger partial charge in [-0.1, -0.05) is 32.0 Å². The van der Waals surface area contributed by atoms with Crippen molar-refractivity contribution in [2.24, 2.45) is 5.73 Å². The zero-order valence-electron chi connectivity index (χ0n) is 11.7. The Bertz CT molecular complexity index is 611. The summed E-state index contributed by atoms with van der Waals surface area (Å²) in [5, 5.41) is 4.10. The quantitative estimate of drug-likeness (QED) is 0.785. The molecule has 0 aliphatic heterocycles. The molecule has 3 N–H and O–H groups in total. The van der Waals surface area contributed by atoms with Crippen molar-refractivity contribution < 1.29 is 9.53 Å². The van der Waals surface area contributed by atoms with E-state index in [1.807, 2.05) is 24.3 Å². The second kappa shape index (κ2) is 6.34. The molecule has 2 rings (SSSR count). The Morgan fingerprint density at radius 3 is 2.85 bits per heavy atom. The van der Waals surface area contributed by atoms with Gasteiger partial charge >= 0.3 is 0 Å². The van der Waals surface area contributed by atoms with E-state index >= 15 is 0 Å². The zero-order chi connectivity index (χ0) is 14.5. The lowest BCUT2D eigenvalue weighted by Crippen LogP contribution is -2.28. The van der Waals surface area contributed by atoms with Crippen LogP contribution in [-0.2, 0) is 0 Å². The van der Waals surface area contributed by atoms with Crippen LogP contribution in [0.5, 0.6) is 5.88 Å². The van der Waals surface area contributed by atoms with Gasteiger partial charge in [0.05, 0.1) is 5.52 Å². The first-order valence-corrected chi connectivity index (χ1v) is 6.63. The number of amides is 1. The molecule has 1 aromatic carbocycles. The second-order valence-corrected chi connectivity index (χ2v) is 4.86. The number of hydrogen-bond donors (Lipinski definition) is 2. The summed E-state index contributed by atoms with van der Waals surface area (Å²) in [4.78, 5) is 15.9. The second-order valence-electron chi connectivity index (χ2n) is 4.86. The number of nitrogens with two attached hydrogens (primary N) is 1. The van der Waals surface area contributed by atoms with Crippen LogP contribution in [0.3, 0.4) is 0 Å². The lowest BCUT2D eigenvalue weighted by Gasteiger charge is -2.11. The number of benzene rings is 1. The van der Waals surface area contributed by atoms with Gasteiger partial charge in [-0.3, -0.25) is 4.79 Å². The Kier molecular flexibility index (Phi) is 4.53. The first-order chi connectivity index (χ1) is 9.58. The van der Waals surface area contributed by atoms with E-state index < -0.39 is 5.91 Å². The molecule has 20 heavy (non-hydrogen) atoms. The minimum Gasteiger partial charge on any atom is -0.476 e. The summed E-state index contributed by atoms with van der Waals surface area (Å²) >= 11 is 0. The molecule has 0 bridgehead atoms. The molecule has 0 aliphatic carbocycles. The fraction of sp³-hybridized carbons (Fsp3) is 0.333. The normalized spacial score (nSPS) is 10.9. The molecule has 5 nitrogen and oxygen atoms in total. The van der Waals surface area contributed by atoms with Crippen LogP contribution in [0.1, 0.15) is 24.2 Å². The number of rotatable bonds is 6. The molecule has 0 saturated carbocycles. The molecular weight excluding hydrogens is 254 g/mol. The Morgan fingerprint density at radius 1 is 1.40 bits per heavy atom. The van der Waals surface area contributed by atoms with E-state index in [4.69, 9.17) is 10.5 Å². The molecule has 0 radical (unpaired) electrons. The van der Waals surface area contributed by atoms with Crippen molar-refractivity contribution in [3.05, 3.63) is 35.9 Å². The van der Waals surface area contributed by atoms with Gasteiger partial charge < -0.3 is 15.8 Å². The molecule has 1 amide bonds. The van der Waals surface area contributed by atoms with Gasteiger partial charge in [0.2, 0.25) is 5.88 Å². The average Bonchev–Trinajstić information content (AvgIpc) is 2.42. The zero-order valence-corrected chi connectivity index (χ0v) is 11.7. The number of aromatic nitrogens is 1. The first kappa shape index (κ1) is 14.3. The lowest BCUT2D eigenvalue weighted by molar-refractivity contribution is 0.0995. The van der Waals surface area contributed by atoms with Gasteiger partial charge in [0.1, 0.15) is 12.2 Å². The smallest absolute Gasteiger partial charge is 0.254 e. The molecule has 0 saturated heterocycles. The summed E-state index contributed by atoms with van der Waals surface area (Å²) in [5.41, 5.74) is 6.48. The van der Waals surface area contributed by atoms with Crippen LogP contribution in [0.2, 0.25) is 0 Å². The van der Waals surface area contributed by atoms with Gasteiger partial charge in [0, 0.05) is 18.0 Å². The van der Waals surface area contributed by atoms with Crippen LogP contribution in [0.25, 0.3) is 10.9 Å². The summed E-state index contributed by atoms with van der Waals surface area (Å²) < 4.78 is 5.58. The fourth-order valence-corrected chi connectivity index (χ4v) is 1.88. The SMILES string of the molecule is CC(C)NCCOc1nc2ccccc2cc1C(N)=O. The van der Waals surface area contributed by atoms with E-state index in [1.54, 1.807) is 6.07 Å². The highest BCUT2D eigenvalue weighted by Crippen LogP contribution is 2.21. The van der Waals surface area contributed by atoms with Crippen LogP contribution < -0.4 is 15.8 Å². The van der Waals surface area contributed by atoms with Gasteiger partial charge in [-0.2, -0.15) is 0 Å². The van der Waals surface area contributed by atoms with Gasteiger partial charge in [-0.05, 0) is 12.1 Å². The largest absolute Gasteiger partial charge is 0.476 e. The molecule has 0 spiro atoms. The van der Waals surface area contributed by atoms with Crippen molar-refractivity contribution >= 4 is 16.8 Å². The monoisotopic (exact) mass is 273 g/mol. The highest BCUT2D eigenvalue weighted by molar-refractivity contribution is 5.98. The summed E-state index contributed by atoms with van der Waals surface area (Å²) in [7, 11) is 0. The number of fused-ring (bicyclic) bond motifs is 1. The summed E-state index contributed by atoms with van der Waals surface area (Å²) in [6.07, 6.45) is 0. The number of ether oxygens (including phenoxy) is 1. The predicted molar refractivity (Wildman–Crippen MR) is 78.9 cm³/mol. The third-order valence-electron chi connectivity index (χ3n) is 2.85. The summed E-state index contributed by atoms with van der Waals surface area (Å²) in [5.74, 6) is -0.239. The molecule has 5 heteroatoms. The molecule has 106 valence electrons. The van der Waals surface area contributed by atoms with Crippen molar-refractivity contribution in [2.75, 3.05) is 13.2 Å². The Balaban J connectivity index is 2.21. The number of primary amides is 1. The van der Waals surface area contributed by atoms with E-state index in [0.29, 0.717) is 30.6 Å². The van der Waals surface area contributed by atoms with Gasteiger partial charge in [0.15, 0.2) is 0 Å². The first-order valence-electron chi connectivity index (χ1n) is 6.63. The Labute approximate surface area is 118 Å². The van der Waals surface area contributed by atoms with Gasteiger partial charge in [-0.25, -0.2) is 4.98 Å². The third kappa shape index (κ3) is 3.45. The number of pyridine rings is 1. The maximum Gasteiger partial charge on any atom is 0.254 e. The molecule has 1 heterocycles. The molecule has 0 fully saturated rings. The highest BCUT2D eigenvalue weighted by atomic mass is 16.5. The number of nitrogens with zero attached hydrogens (tertiary/aromatic N) is 1. The standard InChI is InChI=1S/C15H19N3O2/c1-10(2)17-7-8-20-15-12(14(16)19)9-11-5-3-4-6-13(11)18-15/h3-6,9-10,17H,7-8H2,1-2H3,(H2,16,19). The van der Waals surface area contributed by atoms with Crippen molar-refractivity contribution in [1.29, 1.82) is 0 Å².